The first kappa shape index (κ1) is 20.3. The lowest BCUT2D eigenvalue weighted by Crippen LogP contribution is -2.20. The van der Waals surface area contributed by atoms with E-state index >= 15 is 0 Å². The number of fused-ring (bicyclic) bond motifs is 1. The second-order valence-corrected chi connectivity index (χ2v) is 8.15. The van der Waals surface area contributed by atoms with Gasteiger partial charge in [0.25, 0.3) is 0 Å². The van der Waals surface area contributed by atoms with Crippen molar-refractivity contribution in [2.75, 3.05) is 18.4 Å². The lowest BCUT2D eigenvalue weighted by molar-refractivity contribution is -0.115. The van der Waals surface area contributed by atoms with Crippen LogP contribution in [0.4, 0.5) is 5.82 Å². The van der Waals surface area contributed by atoms with Gasteiger partial charge in [0.2, 0.25) is 5.91 Å². The molecule has 1 aromatic carbocycles. The predicted molar refractivity (Wildman–Crippen MR) is 126 cm³/mol. The molecule has 0 unspecified atom stereocenters. The number of nitrogens with zero attached hydrogens (tertiary/aromatic N) is 4. The minimum Gasteiger partial charge on any atom is -0.310 e. The molecular weight excluding hydrogens is 398 g/mol. The van der Waals surface area contributed by atoms with Crippen LogP contribution in [-0.2, 0) is 17.8 Å². The number of benzene rings is 1. The molecule has 0 atom stereocenters. The molecule has 1 saturated heterocycles. The van der Waals surface area contributed by atoms with Crippen molar-refractivity contribution in [2.24, 2.45) is 0 Å². The maximum absolute atomic E-state index is 12.8. The average Bonchev–Trinajstić information content (AvgIpc) is 3.33. The van der Waals surface area contributed by atoms with Crippen LogP contribution in [0.5, 0.6) is 0 Å². The van der Waals surface area contributed by atoms with E-state index in [9.17, 15) is 4.79 Å². The molecule has 4 aromatic rings. The Morgan fingerprint density at radius 3 is 2.66 bits per heavy atom. The summed E-state index contributed by atoms with van der Waals surface area (Å²) in [5.41, 5.74) is 4.50. The number of para-hydroxylation sites is 1. The normalized spacial score (nSPS) is 14.0. The van der Waals surface area contributed by atoms with E-state index < -0.39 is 0 Å². The van der Waals surface area contributed by atoms with Crippen molar-refractivity contribution in [3.63, 3.8) is 0 Å². The summed E-state index contributed by atoms with van der Waals surface area (Å²) in [4.78, 5) is 28.9. The third-order valence-corrected chi connectivity index (χ3v) is 5.77. The lowest BCUT2D eigenvalue weighted by atomic mass is 10.0. The van der Waals surface area contributed by atoms with Crippen molar-refractivity contribution in [3.8, 4) is 11.3 Å². The number of amides is 1. The van der Waals surface area contributed by atoms with Crippen LogP contribution in [0.25, 0.3) is 22.2 Å². The molecule has 1 aliphatic heterocycles. The molecule has 32 heavy (non-hydrogen) atoms. The number of anilines is 1. The molecule has 1 amide bonds. The molecule has 3 aromatic heterocycles. The number of pyridine rings is 3. The van der Waals surface area contributed by atoms with Gasteiger partial charge in [-0.15, -0.1) is 0 Å². The third-order valence-electron chi connectivity index (χ3n) is 5.77. The highest BCUT2D eigenvalue weighted by Gasteiger charge is 2.14. The molecule has 0 radical (unpaired) electrons. The van der Waals surface area contributed by atoms with Gasteiger partial charge in [-0.05, 0) is 61.8 Å². The number of aromatic nitrogens is 3. The maximum atomic E-state index is 12.8. The van der Waals surface area contributed by atoms with Crippen LogP contribution in [-0.4, -0.2) is 38.8 Å². The van der Waals surface area contributed by atoms with Gasteiger partial charge in [0.1, 0.15) is 5.82 Å². The van der Waals surface area contributed by atoms with E-state index in [4.69, 9.17) is 4.98 Å². The summed E-state index contributed by atoms with van der Waals surface area (Å²) in [7, 11) is 0. The Morgan fingerprint density at radius 2 is 1.81 bits per heavy atom. The summed E-state index contributed by atoms with van der Waals surface area (Å²) < 4.78 is 0. The van der Waals surface area contributed by atoms with E-state index in [1.807, 2.05) is 60.7 Å². The Hall–Kier alpha value is -3.64. The second kappa shape index (κ2) is 9.24. The lowest BCUT2D eigenvalue weighted by Gasteiger charge is -2.14. The van der Waals surface area contributed by atoms with Crippen molar-refractivity contribution in [3.05, 3.63) is 84.3 Å². The number of carbonyl (C=O) groups excluding carboxylic acids is 1. The number of rotatable bonds is 6. The van der Waals surface area contributed by atoms with E-state index in [-0.39, 0.29) is 12.3 Å². The zero-order valence-electron chi connectivity index (χ0n) is 17.9. The van der Waals surface area contributed by atoms with E-state index in [1.165, 1.54) is 12.8 Å². The summed E-state index contributed by atoms with van der Waals surface area (Å²) in [5.74, 6) is 0.493. The molecule has 0 aliphatic carbocycles. The molecule has 0 bridgehead atoms. The van der Waals surface area contributed by atoms with E-state index in [1.54, 1.807) is 12.4 Å². The molecule has 5 rings (SSSR count). The fourth-order valence-electron chi connectivity index (χ4n) is 4.19. The second-order valence-electron chi connectivity index (χ2n) is 8.15. The smallest absolute Gasteiger partial charge is 0.230 e. The topological polar surface area (TPSA) is 71.0 Å². The first-order valence-corrected chi connectivity index (χ1v) is 11.0. The molecule has 1 aliphatic rings. The van der Waals surface area contributed by atoms with Crippen LogP contribution in [0.2, 0.25) is 0 Å². The zero-order valence-corrected chi connectivity index (χ0v) is 17.9. The minimum absolute atomic E-state index is 0.100. The Bertz CT molecular complexity index is 1240. The summed E-state index contributed by atoms with van der Waals surface area (Å²) in [6.07, 6.45) is 6.27. The van der Waals surface area contributed by atoms with Gasteiger partial charge in [-0.3, -0.25) is 14.7 Å². The average molecular weight is 424 g/mol. The number of carbonyl (C=O) groups is 1. The summed E-state index contributed by atoms with van der Waals surface area (Å²) in [6, 6.07) is 19.6. The van der Waals surface area contributed by atoms with E-state index in [0.29, 0.717) is 5.82 Å². The number of hydrogen-bond acceptors (Lipinski definition) is 5. The molecule has 0 spiro atoms. The fraction of sp³-hybridized carbons (Fsp3) is 0.231. The monoisotopic (exact) mass is 423 g/mol. The standard InChI is InChI=1S/C26H25N5O/c32-25(30-24-10-4-9-22(28-24)18-31-14-1-2-15-31)16-20-7-3-6-19-11-12-23(29-26(19)20)21-8-5-13-27-17-21/h3-13,17H,1-2,14-16,18H2,(H,28,30,32). The van der Waals surface area contributed by atoms with Crippen molar-refractivity contribution in [1.29, 1.82) is 0 Å². The van der Waals surface area contributed by atoms with Gasteiger partial charge in [0.15, 0.2) is 0 Å². The molecule has 1 N–H and O–H groups in total. The van der Waals surface area contributed by atoms with Crippen molar-refractivity contribution >= 4 is 22.6 Å². The highest BCUT2D eigenvalue weighted by Crippen LogP contribution is 2.23. The highest BCUT2D eigenvalue weighted by molar-refractivity contribution is 5.95. The molecule has 160 valence electrons. The predicted octanol–water partition coefficient (Wildman–Crippen LogP) is 4.47. The maximum Gasteiger partial charge on any atom is 0.230 e. The molecule has 6 nitrogen and oxygen atoms in total. The number of likely N-dealkylation sites (tertiary alicyclic amines) is 1. The SMILES string of the molecule is O=C(Cc1cccc2ccc(-c3cccnc3)nc12)Nc1cccc(CN2CCCC2)n1. The van der Waals surface area contributed by atoms with E-state index in [2.05, 4.69) is 20.2 Å². The van der Waals surface area contributed by atoms with Gasteiger partial charge in [-0.25, -0.2) is 9.97 Å². The number of hydrogen-bond donors (Lipinski definition) is 1. The Balaban J connectivity index is 1.33. The van der Waals surface area contributed by atoms with Crippen molar-refractivity contribution in [2.45, 2.75) is 25.8 Å². The molecular formula is C26H25N5O. The van der Waals surface area contributed by atoms with Gasteiger partial charge in [0, 0.05) is 29.9 Å². The third kappa shape index (κ3) is 4.65. The molecule has 0 saturated carbocycles. The molecule has 4 heterocycles. The zero-order chi connectivity index (χ0) is 21.8. The first-order valence-electron chi connectivity index (χ1n) is 11.0. The largest absolute Gasteiger partial charge is 0.310 e. The van der Waals surface area contributed by atoms with E-state index in [0.717, 1.165) is 53.1 Å². The first-order chi connectivity index (χ1) is 15.7. The minimum atomic E-state index is -0.100. The van der Waals surface area contributed by atoms with Gasteiger partial charge < -0.3 is 5.32 Å². The quantitative estimate of drug-likeness (QED) is 0.495. The molecule has 6 heteroatoms. The van der Waals surface area contributed by atoms with Gasteiger partial charge in [0.05, 0.1) is 23.3 Å². The highest BCUT2D eigenvalue weighted by atomic mass is 16.1. The van der Waals surface area contributed by atoms with Crippen molar-refractivity contribution in [1.82, 2.24) is 19.9 Å². The van der Waals surface area contributed by atoms with Crippen LogP contribution in [0.15, 0.2) is 73.1 Å². The van der Waals surface area contributed by atoms with Crippen molar-refractivity contribution < 1.29 is 4.79 Å². The van der Waals surface area contributed by atoms with Crippen LogP contribution >= 0.6 is 0 Å². The van der Waals surface area contributed by atoms with Crippen LogP contribution < -0.4 is 5.32 Å². The van der Waals surface area contributed by atoms with Gasteiger partial charge in [-0.1, -0.05) is 30.3 Å². The summed E-state index contributed by atoms with van der Waals surface area (Å²) in [6.45, 7) is 3.06. The van der Waals surface area contributed by atoms with Gasteiger partial charge in [-0.2, -0.15) is 0 Å². The van der Waals surface area contributed by atoms with Gasteiger partial charge >= 0.3 is 0 Å². The molecule has 1 fully saturated rings. The van der Waals surface area contributed by atoms with Crippen LogP contribution in [0, 0.1) is 0 Å². The summed E-state index contributed by atoms with van der Waals surface area (Å²) in [5, 5.41) is 3.97. The Kier molecular flexibility index (Phi) is 5.85. The Morgan fingerprint density at radius 1 is 0.938 bits per heavy atom. The van der Waals surface area contributed by atoms with Crippen LogP contribution in [0.3, 0.4) is 0 Å². The number of nitrogens with one attached hydrogen (secondary N) is 1. The van der Waals surface area contributed by atoms with Crippen LogP contribution in [0.1, 0.15) is 24.1 Å². The fourth-order valence-corrected chi connectivity index (χ4v) is 4.19. The summed E-state index contributed by atoms with van der Waals surface area (Å²) >= 11 is 0. The Labute approximate surface area is 187 Å².